The van der Waals surface area contributed by atoms with Gasteiger partial charge in [0.05, 0.1) is 12.2 Å². The minimum absolute atomic E-state index is 0.124. The van der Waals surface area contributed by atoms with Gasteiger partial charge in [-0.1, -0.05) is 15.9 Å². The van der Waals surface area contributed by atoms with E-state index < -0.39 is 12.4 Å². The van der Waals surface area contributed by atoms with Gasteiger partial charge < -0.3 is 4.74 Å². The molecule has 0 unspecified atom stereocenters. The Morgan fingerprint density at radius 2 is 2.29 bits per heavy atom. The molecule has 0 aliphatic carbocycles. The summed E-state index contributed by atoms with van der Waals surface area (Å²) in [5.41, 5.74) is -0.289. The predicted octanol–water partition coefficient (Wildman–Crippen LogP) is 3.70. The van der Waals surface area contributed by atoms with Gasteiger partial charge in [-0.25, -0.2) is 18.6 Å². The van der Waals surface area contributed by atoms with Crippen molar-refractivity contribution in [3.63, 3.8) is 0 Å². The topological polar surface area (TPSA) is 39.2 Å². The molecule has 94 valence electrons. The second-order valence-corrected chi connectivity index (χ2v) is 4.72. The van der Waals surface area contributed by atoms with Gasteiger partial charge in [0.25, 0.3) is 6.43 Å². The zero-order valence-corrected chi connectivity index (χ0v) is 12.6. The van der Waals surface area contributed by atoms with Gasteiger partial charge >= 0.3 is 5.97 Å². The number of rotatable bonds is 4. The fourth-order valence-electron chi connectivity index (χ4n) is 1.27. The van der Waals surface area contributed by atoms with Gasteiger partial charge in [-0.2, -0.15) is 0 Å². The molecule has 0 fully saturated rings. The van der Waals surface area contributed by atoms with Crippen LogP contribution in [0.2, 0.25) is 0 Å². The van der Waals surface area contributed by atoms with Crippen LogP contribution >= 0.6 is 38.5 Å². The second kappa shape index (κ2) is 6.58. The van der Waals surface area contributed by atoms with Gasteiger partial charge in [-0.05, 0) is 35.1 Å². The van der Waals surface area contributed by atoms with Crippen LogP contribution in [0.4, 0.5) is 8.78 Å². The molecule has 0 aliphatic rings. The maximum Gasteiger partial charge on any atom is 0.357 e. The molecular weight excluding hydrogens is 411 g/mol. The van der Waals surface area contributed by atoms with Crippen LogP contribution in [0.3, 0.4) is 0 Å². The molecule has 0 N–H and O–H groups in total. The SMILES string of the molecule is CCOC(=O)c1ncc(I)c(CBr)c1C(F)F. The average molecular weight is 420 g/mol. The Morgan fingerprint density at radius 3 is 2.76 bits per heavy atom. The summed E-state index contributed by atoms with van der Waals surface area (Å²) in [4.78, 5) is 15.3. The molecule has 3 nitrogen and oxygen atoms in total. The largest absolute Gasteiger partial charge is 0.461 e. The van der Waals surface area contributed by atoms with Crippen molar-refractivity contribution in [2.45, 2.75) is 18.7 Å². The van der Waals surface area contributed by atoms with E-state index in [9.17, 15) is 13.6 Å². The molecule has 7 heteroatoms. The number of hydrogen-bond acceptors (Lipinski definition) is 3. The van der Waals surface area contributed by atoms with Crippen LogP contribution in [0.5, 0.6) is 0 Å². The minimum atomic E-state index is -2.76. The fourth-order valence-corrected chi connectivity index (χ4v) is 3.02. The van der Waals surface area contributed by atoms with Crippen LogP contribution in [0.1, 0.15) is 35.0 Å². The van der Waals surface area contributed by atoms with E-state index in [4.69, 9.17) is 4.74 Å². The van der Waals surface area contributed by atoms with Crippen LogP contribution in [0.15, 0.2) is 6.20 Å². The molecule has 0 saturated carbocycles. The molecule has 1 rings (SSSR count). The highest BCUT2D eigenvalue weighted by atomic mass is 127. The van der Waals surface area contributed by atoms with E-state index in [2.05, 4.69) is 20.9 Å². The first-order valence-corrected chi connectivity index (χ1v) is 6.91. The number of hydrogen-bond donors (Lipinski definition) is 0. The molecule has 1 aromatic rings. The zero-order valence-electron chi connectivity index (χ0n) is 8.84. The maximum atomic E-state index is 13.0. The average Bonchev–Trinajstić information content (AvgIpc) is 2.28. The van der Waals surface area contributed by atoms with Crippen LogP contribution in [-0.2, 0) is 10.1 Å². The molecule has 0 aromatic carbocycles. The number of aromatic nitrogens is 1. The minimum Gasteiger partial charge on any atom is -0.461 e. The monoisotopic (exact) mass is 419 g/mol. The van der Waals surface area contributed by atoms with Crippen molar-refractivity contribution in [1.29, 1.82) is 0 Å². The normalized spacial score (nSPS) is 10.7. The molecule has 0 atom stereocenters. The zero-order chi connectivity index (χ0) is 13.0. The van der Waals surface area contributed by atoms with E-state index >= 15 is 0 Å². The lowest BCUT2D eigenvalue weighted by Crippen LogP contribution is -2.13. The Bertz CT molecular complexity index is 429. The number of alkyl halides is 3. The van der Waals surface area contributed by atoms with E-state index in [-0.39, 0.29) is 23.2 Å². The van der Waals surface area contributed by atoms with E-state index in [0.717, 1.165) is 0 Å². The van der Waals surface area contributed by atoms with Crippen LogP contribution < -0.4 is 0 Å². The lowest BCUT2D eigenvalue weighted by molar-refractivity contribution is 0.0507. The molecule has 1 aromatic heterocycles. The number of ether oxygens (including phenoxy) is 1. The van der Waals surface area contributed by atoms with Crippen LogP contribution in [0.25, 0.3) is 0 Å². The van der Waals surface area contributed by atoms with E-state index in [1.165, 1.54) is 6.20 Å². The Labute approximate surface area is 119 Å². The van der Waals surface area contributed by atoms with Gasteiger partial charge in [0.15, 0.2) is 5.69 Å². The van der Waals surface area contributed by atoms with E-state index in [1.54, 1.807) is 6.92 Å². The van der Waals surface area contributed by atoms with Crippen LogP contribution in [-0.4, -0.2) is 17.6 Å². The standard InChI is InChI=1S/C10H9BrF2INO2/c1-2-17-10(16)8-7(9(12)13)5(3-11)6(14)4-15-8/h4,9H,2-3H2,1H3. The summed E-state index contributed by atoms with van der Waals surface area (Å²) < 4.78 is 31.3. The number of pyridine rings is 1. The van der Waals surface area contributed by atoms with Crippen molar-refractivity contribution < 1.29 is 18.3 Å². The van der Waals surface area contributed by atoms with Crippen molar-refractivity contribution in [3.05, 3.63) is 26.6 Å². The molecule has 0 spiro atoms. The van der Waals surface area contributed by atoms with Crippen LogP contribution in [0, 0.1) is 3.57 Å². The van der Waals surface area contributed by atoms with Crippen molar-refractivity contribution in [3.8, 4) is 0 Å². The highest BCUT2D eigenvalue weighted by Gasteiger charge is 2.25. The van der Waals surface area contributed by atoms with Crippen molar-refractivity contribution in [2.24, 2.45) is 0 Å². The Balaban J connectivity index is 3.35. The number of esters is 1. The van der Waals surface area contributed by atoms with Crippen molar-refractivity contribution in [2.75, 3.05) is 6.61 Å². The number of carbonyl (C=O) groups is 1. The molecule has 17 heavy (non-hydrogen) atoms. The molecule has 0 radical (unpaired) electrons. The van der Waals surface area contributed by atoms with Gasteiger partial charge in [0, 0.05) is 15.1 Å². The summed E-state index contributed by atoms with van der Waals surface area (Å²) in [5.74, 6) is -0.818. The smallest absolute Gasteiger partial charge is 0.357 e. The Hall–Kier alpha value is -0.310. The highest BCUT2D eigenvalue weighted by Crippen LogP contribution is 2.30. The third kappa shape index (κ3) is 3.34. The van der Waals surface area contributed by atoms with E-state index in [1.807, 2.05) is 22.6 Å². The Morgan fingerprint density at radius 1 is 1.65 bits per heavy atom. The summed E-state index contributed by atoms with van der Waals surface area (Å²) in [6.07, 6.45) is -1.38. The first-order chi connectivity index (χ1) is 8.02. The molecule has 0 amide bonds. The third-order valence-electron chi connectivity index (χ3n) is 2.00. The quantitative estimate of drug-likeness (QED) is 0.424. The fraction of sp³-hybridized carbons (Fsp3) is 0.400. The lowest BCUT2D eigenvalue weighted by Gasteiger charge is -2.12. The summed E-state index contributed by atoms with van der Waals surface area (Å²) >= 11 is 5.03. The molecule has 1 heterocycles. The molecule has 0 aliphatic heterocycles. The van der Waals surface area contributed by atoms with Crippen molar-refractivity contribution in [1.82, 2.24) is 4.98 Å². The van der Waals surface area contributed by atoms with Crippen molar-refractivity contribution >= 4 is 44.5 Å². The Kier molecular flexibility index (Phi) is 5.71. The number of nitrogens with zero attached hydrogens (tertiary/aromatic N) is 1. The third-order valence-corrected chi connectivity index (χ3v) is 3.49. The first kappa shape index (κ1) is 14.7. The number of carbonyl (C=O) groups excluding carboxylic acids is 1. The maximum absolute atomic E-state index is 13.0. The number of halogens is 4. The molecule has 0 bridgehead atoms. The molecule has 0 saturated heterocycles. The predicted molar refractivity (Wildman–Crippen MR) is 70.5 cm³/mol. The second-order valence-electron chi connectivity index (χ2n) is 3.00. The van der Waals surface area contributed by atoms with Gasteiger partial charge in [0.1, 0.15) is 0 Å². The van der Waals surface area contributed by atoms with Gasteiger partial charge in [-0.3, -0.25) is 0 Å². The van der Waals surface area contributed by atoms with E-state index in [0.29, 0.717) is 9.13 Å². The summed E-state index contributed by atoms with van der Waals surface area (Å²) in [6.45, 7) is 1.73. The highest BCUT2D eigenvalue weighted by molar-refractivity contribution is 14.1. The first-order valence-electron chi connectivity index (χ1n) is 4.71. The van der Waals surface area contributed by atoms with Gasteiger partial charge in [0.2, 0.25) is 0 Å². The summed E-state index contributed by atoms with van der Waals surface area (Å²) in [7, 11) is 0. The molecular formula is C10H9BrF2INO2. The van der Waals surface area contributed by atoms with Gasteiger partial charge in [-0.15, -0.1) is 0 Å². The lowest BCUT2D eigenvalue weighted by atomic mass is 10.1. The summed E-state index contributed by atoms with van der Waals surface area (Å²) in [5, 5.41) is 0.236. The summed E-state index contributed by atoms with van der Waals surface area (Å²) in [6, 6.07) is 0.